The Morgan fingerprint density at radius 3 is 2.91 bits per heavy atom. The number of aromatic nitrogens is 2. The van der Waals surface area contributed by atoms with Gasteiger partial charge in [0, 0.05) is 6.54 Å². The van der Waals surface area contributed by atoms with Gasteiger partial charge in [0.05, 0.1) is 25.2 Å². The molecule has 0 aliphatic heterocycles. The zero-order valence-corrected chi connectivity index (χ0v) is 13.0. The molecule has 0 spiro atoms. The summed E-state index contributed by atoms with van der Waals surface area (Å²) >= 11 is 0. The van der Waals surface area contributed by atoms with Crippen molar-refractivity contribution < 1.29 is 13.5 Å². The SMILES string of the molecule is O=S(=O)(c1cnc[nH]1)N(CCO)C1CCCc2ccccc21. The van der Waals surface area contributed by atoms with Crippen LogP contribution >= 0.6 is 0 Å². The van der Waals surface area contributed by atoms with Crippen molar-refractivity contribution in [3.05, 3.63) is 47.9 Å². The first-order chi connectivity index (χ1) is 10.6. The molecule has 1 aliphatic carbocycles. The van der Waals surface area contributed by atoms with Gasteiger partial charge in [-0.15, -0.1) is 0 Å². The van der Waals surface area contributed by atoms with Crippen LogP contribution in [0.4, 0.5) is 0 Å². The Hall–Kier alpha value is -1.70. The molecule has 1 aromatic carbocycles. The molecule has 1 unspecified atom stereocenters. The van der Waals surface area contributed by atoms with Gasteiger partial charge in [0.15, 0.2) is 5.03 Å². The third kappa shape index (κ3) is 2.67. The van der Waals surface area contributed by atoms with Crippen LogP contribution in [-0.4, -0.2) is 40.9 Å². The number of fused-ring (bicyclic) bond motifs is 1. The highest BCUT2D eigenvalue weighted by atomic mass is 32.2. The zero-order valence-electron chi connectivity index (χ0n) is 12.1. The number of benzene rings is 1. The summed E-state index contributed by atoms with van der Waals surface area (Å²) < 4.78 is 27.1. The van der Waals surface area contributed by atoms with E-state index in [9.17, 15) is 13.5 Å². The normalized spacial score (nSPS) is 18.4. The molecule has 1 atom stereocenters. The van der Waals surface area contributed by atoms with E-state index >= 15 is 0 Å². The lowest BCUT2D eigenvalue weighted by Crippen LogP contribution is -2.38. The lowest BCUT2D eigenvalue weighted by Gasteiger charge is -2.34. The van der Waals surface area contributed by atoms with Crippen LogP contribution in [0.15, 0.2) is 41.8 Å². The van der Waals surface area contributed by atoms with Crippen LogP contribution < -0.4 is 0 Å². The number of aliphatic hydroxyl groups is 1. The van der Waals surface area contributed by atoms with E-state index in [4.69, 9.17) is 0 Å². The quantitative estimate of drug-likeness (QED) is 0.873. The minimum atomic E-state index is -3.71. The summed E-state index contributed by atoms with van der Waals surface area (Å²) in [5.41, 5.74) is 2.21. The van der Waals surface area contributed by atoms with Crippen molar-refractivity contribution >= 4 is 10.0 Å². The van der Waals surface area contributed by atoms with Crippen LogP contribution in [0.25, 0.3) is 0 Å². The molecule has 1 heterocycles. The van der Waals surface area contributed by atoms with Crippen molar-refractivity contribution in [3.63, 3.8) is 0 Å². The molecular formula is C15H19N3O3S. The second-order valence-corrected chi connectivity index (χ2v) is 7.22. The third-order valence-electron chi connectivity index (χ3n) is 4.07. The van der Waals surface area contributed by atoms with E-state index < -0.39 is 10.0 Å². The number of hydrogen-bond acceptors (Lipinski definition) is 4. The summed E-state index contributed by atoms with van der Waals surface area (Å²) in [5, 5.41) is 9.40. The second-order valence-electron chi connectivity index (χ2n) is 5.36. The van der Waals surface area contributed by atoms with Crippen LogP contribution in [-0.2, 0) is 16.4 Å². The fourth-order valence-electron chi connectivity index (χ4n) is 3.08. The van der Waals surface area contributed by atoms with Crippen molar-refractivity contribution in [2.24, 2.45) is 0 Å². The summed E-state index contributed by atoms with van der Waals surface area (Å²) in [6.07, 6.45) is 5.30. The number of sulfonamides is 1. The predicted molar refractivity (Wildman–Crippen MR) is 81.7 cm³/mol. The Labute approximate surface area is 129 Å². The van der Waals surface area contributed by atoms with Crippen LogP contribution in [0, 0.1) is 0 Å². The fourth-order valence-corrected chi connectivity index (χ4v) is 4.60. The van der Waals surface area contributed by atoms with E-state index in [0.717, 1.165) is 24.8 Å². The Balaban J connectivity index is 2.03. The van der Waals surface area contributed by atoms with Gasteiger partial charge in [-0.2, -0.15) is 4.31 Å². The molecule has 22 heavy (non-hydrogen) atoms. The Morgan fingerprint density at radius 1 is 1.36 bits per heavy atom. The van der Waals surface area contributed by atoms with Crippen molar-refractivity contribution in [1.29, 1.82) is 0 Å². The highest BCUT2D eigenvalue weighted by Gasteiger charge is 2.35. The van der Waals surface area contributed by atoms with Crippen LogP contribution in [0.5, 0.6) is 0 Å². The van der Waals surface area contributed by atoms with Gasteiger partial charge in [-0.05, 0) is 30.4 Å². The van der Waals surface area contributed by atoms with E-state index in [1.165, 1.54) is 22.4 Å². The van der Waals surface area contributed by atoms with Gasteiger partial charge < -0.3 is 10.1 Å². The topological polar surface area (TPSA) is 86.3 Å². The molecule has 2 N–H and O–H groups in total. The Kier molecular flexibility index (Phi) is 4.28. The molecule has 2 aromatic rings. The molecule has 1 aromatic heterocycles. The van der Waals surface area contributed by atoms with E-state index in [1.807, 2.05) is 24.3 Å². The minimum absolute atomic E-state index is 0.0593. The van der Waals surface area contributed by atoms with Gasteiger partial charge in [-0.25, -0.2) is 13.4 Å². The standard InChI is InChI=1S/C15H19N3O3S/c19-9-8-18(22(20,21)15-10-16-11-17-15)14-7-3-5-12-4-1-2-6-13(12)14/h1-2,4,6,10-11,14,19H,3,5,7-9H2,(H,16,17). The molecule has 0 saturated carbocycles. The number of aliphatic hydroxyl groups excluding tert-OH is 1. The smallest absolute Gasteiger partial charge is 0.260 e. The summed E-state index contributed by atoms with van der Waals surface area (Å²) in [5.74, 6) is 0. The Morgan fingerprint density at radius 2 is 2.18 bits per heavy atom. The van der Waals surface area contributed by atoms with Crippen LogP contribution in [0.1, 0.15) is 30.0 Å². The maximum Gasteiger partial charge on any atom is 0.260 e. The largest absolute Gasteiger partial charge is 0.395 e. The van der Waals surface area contributed by atoms with E-state index in [-0.39, 0.29) is 24.2 Å². The average Bonchev–Trinajstić information content (AvgIpc) is 3.07. The van der Waals surface area contributed by atoms with Crippen molar-refractivity contribution in [2.75, 3.05) is 13.2 Å². The number of nitrogens with zero attached hydrogens (tertiary/aromatic N) is 2. The van der Waals surface area contributed by atoms with Gasteiger partial charge in [-0.1, -0.05) is 24.3 Å². The second kappa shape index (κ2) is 6.20. The highest BCUT2D eigenvalue weighted by molar-refractivity contribution is 7.89. The van der Waals surface area contributed by atoms with E-state index in [2.05, 4.69) is 9.97 Å². The molecule has 0 bridgehead atoms. The lowest BCUT2D eigenvalue weighted by atomic mass is 9.88. The monoisotopic (exact) mass is 321 g/mol. The van der Waals surface area contributed by atoms with Crippen molar-refractivity contribution in [2.45, 2.75) is 30.3 Å². The maximum atomic E-state index is 12.8. The first-order valence-corrected chi connectivity index (χ1v) is 8.77. The average molecular weight is 321 g/mol. The van der Waals surface area contributed by atoms with Gasteiger partial charge in [0.1, 0.15) is 0 Å². The van der Waals surface area contributed by atoms with Gasteiger partial charge in [0.25, 0.3) is 10.0 Å². The minimum Gasteiger partial charge on any atom is -0.395 e. The van der Waals surface area contributed by atoms with Crippen LogP contribution in [0.2, 0.25) is 0 Å². The summed E-state index contributed by atoms with van der Waals surface area (Å²) in [4.78, 5) is 6.45. The first kappa shape index (κ1) is 15.2. The van der Waals surface area contributed by atoms with Gasteiger partial charge in [0.2, 0.25) is 0 Å². The van der Waals surface area contributed by atoms with Crippen molar-refractivity contribution in [3.8, 4) is 0 Å². The van der Waals surface area contributed by atoms with Crippen LogP contribution in [0.3, 0.4) is 0 Å². The molecular weight excluding hydrogens is 302 g/mol. The molecule has 118 valence electrons. The number of hydrogen-bond donors (Lipinski definition) is 2. The molecule has 1 aliphatic rings. The zero-order chi connectivity index (χ0) is 15.6. The fraction of sp³-hybridized carbons (Fsp3) is 0.400. The Bertz CT molecular complexity index is 728. The summed E-state index contributed by atoms with van der Waals surface area (Å²) in [7, 11) is -3.71. The first-order valence-electron chi connectivity index (χ1n) is 7.33. The molecule has 0 fully saturated rings. The van der Waals surface area contributed by atoms with Gasteiger partial charge in [-0.3, -0.25) is 0 Å². The molecule has 0 radical (unpaired) electrons. The lowest BCUT2D eigenvalue weighted by molar-refractivity contribution is 0.215. The summed E-state index contributed by atoms with van der Waals surface area (Å²) in [6.45, 7) is -0.146. The molecule has 3 rings (SSSR count). The number of aryl methyl sites for hydroxylation is 1. The molecule has 6 nitrogen and oxygen atoms in total. The molecule has 7 heteroatoms. The number of rotatable bonds is 5. The number of nitrogens with one attached hydrogen (secondary N) is 1. The van der Waals surface area contributed by atoms with E-state index in [0.29, 0.717) is 0 Å². The third-order valence-corrected chi connectivity index (χ3v) is 5.90. The number of aromatic amines is 1. The maximum absolute atomic E-state index is 12.8. The summed E-state index contributed by atoms with van der Waals surface area (Å²) in [6, 6.07) is 7.68. The van der Waals surface area contributed by atoms with Crippen molar-refractivity contribution in [1.82, 2.24) is 14.3 Å². The molecule has 0 saturated heterocycles. The van der Waals surface area contributed by atoms with E-state index in [1.54, 1.807) is 0 Å². The van der Waals surface area contributed by atoms with Gasteiger partial charge >= 0.3 is 0 Å². The highest BCUT2D eigenvalue weighted by Crippen LogP contribution is 2.36. The molecule has 0 amide bonds. The number of H-pyrrole nitrogens is 1. The predicted octanol–water partition coefficient (Wildman–Crippen LogP) is 1.47. The number of imidazole rings is 1.